The number of hydrogen-bond acceptors (Lipinski definition) is 3. The number of aromatic nitrogens is 2. The molecule has 21 heavy (non-hydrogen) atoms. The van der Waals surface area contributed by atoms with Crippen LogP contribution in [0.3, 0.4) is 0 Å². The van der Waals surface area contributed by atoms with Crippen molar-refractivity contribution in [2.75, 3.05) is 20.3 Å². The summed E-state index contributed by atoms with van der Waals surface area (Å²) < 4.78 is 6.93. The molecule has 4 heteroatoms. The first kappa shape index (κ1) is 15.7. The summed E-state index contributed by atoms with van der Waals surface area (Å²) in [6.45, 7) is 4.56. The Morgan fingerprint density at radius 2 is 2.00 bits per heavy atom. The Labute approximate surface area is 127 Å². The molecule has 0 spiro atoms. The van der Waals surface area contributed by atoms with Crippen molar-refractivity contribution >= 4 is 0 Å². The number of aryl methyl sites for hydroxylation is 1. The highest BCUT2D eigenvalue weighted by Gasteiger charge is 2.01. The Hall–Kier alpha value is -1.65. The number of hydrogen-bond donors (Lipinski definition) is 1. The van der Waals surface area contributed by atoms with Gasteiger partial charge in [0, 0.05) is 26.4 Å². The second kappa shape index (κ2) is 8.60. The zero-order valence-electron chi connectivity index (χ0n) is 13.0. The lowest BCUT2D eigenvalue weighted by Crippen LogP contribution is -2.18. The van der Waals surface area contributed by atoms with Crippen molar-refractivity contribution in [3.05, 3.63) is 47.8 Å². The smallest absolute Gasteiger partial charge is 0.0766 e. The molecule has 0 aliphatic heterocycles. The van der Waals surface area contributed by atoms with E-state index in [0.29, 0.717) is 0 Å². The van der Waals surface area contributed by atoms with Crippen LogP contribution in [0.2, 0.25) is 0 Å². The van der Waals surface area contributed by atoms with E-state index in [1.807, 2.05) is 16.9 Å². The van der Waals surface area contributed by atoms with Crippen LogP contribution in [-0.4, -0.2) is 30.0 Å². The van der Waals surface area contributed by atoms with E-state index >= 15 is 0 Å². The molecule has 1 heterocycles. The van der Waals surface area contributed by atoms with Gasteiger partial charge in [-0.3, -0.25) is 0 Å². The molecular formula is C17H25N3O. The molecule has 0 bridgehead atoms. The van der Waals surface area contributed by atoms with Gasteiger partial charge in [-0.15, -0.1) is 0 Å². The Bertz CT molecular complexity index is 519. The van der Waals surface area contributed by atoms with Gasteiger partial charge in [-0.1, -0.05) is 25.5 Å². The highest BCUT2D eigenvalue weighted by molar-refractivity contribution is 5.34. The number of ether oxygens (including phenoxy) is 1. The average molecular weight is 287 g/mol. The van der Waals surface area contributed by atoms with Crippen LogP contribution in [0.15, 0.2) is 36.5 Å². The topological polar surface area (TPSA) is 39.1 Å². The number of methoxy groups -OCH3 is 1. The average Bonchev–Trinajstić information content (AvgIpc) is 2.99. The van der Waals surface area contributed by atoms with Gasteiger partial charge in [-0.05, 0) is 36.6 Å². The minimum Gasteiger partial charge on any atom is -0.383 e. The highest BCUT2D eigenvalue weighted by atomic mass is 16.5. The standard InChI is InChI=1S/C17H25N3O/c1-3-4-5-15-6-8-17(9-7-15)20-12-10-16(19-20)14-18-11-13-21-2/h6-10,12,18H,3-5,11,13-14H2,1-2H3. The van der Waals surface area contributed by atoms with Crippen LogP contribution in [0.4, 0.5) is 0 Å². The lowest BCUT2D eigenvalue weighted by atomic mass is 10.1. The van der Waals surface area contributed by atoms with E-state index in [1.165, 1.54) is 18.4 Å². The summed E-state index contributed by atoms with van der Waals surface area (Å²) in [4.78, 5) is 0. The van der Waals surface area contributed by atoms with Gasteiger partial charge < -0.3 is 10.1 Å². The van der Waals surface area contributed by atoms with Crippen molar-refractivity contribution in [2.45, 2.75) is 32.7 Å². The van der Waals surface area contributed by atoms with E-state index < -0.39 is 0 Å². The zero-order valence-corrected chi connectivity index (χ0v) is 13.0. The molecule has 0 saturated heterocycles. The van der Waals surface area contributed by atoms with E-state index in [2.05, 4.69) is 41.6 Å². The fourth-order valence-corrected chi connectivity index (χ4v) is 2.19. The molecule has 1 aromatic carbocycles. The van der Waals surface area contributed by atoms with Crippen LogP contribution in [0.1, 0.15) is 31.0 Å². The third kappa shape index (κ3) is 4.99. The van der Waals surface area contributed by atoms with Crippen LogP contribution in [0.5, 0.6) is 0 Å². The predicted octanol–water partition coefficient (Wildman–Crippen LogP) is 2.95. The first-order valence-corrected chi connectivity index (χ1v) is 7.67. The molecule has 0 radical (unpaired) electrons. The van der Waals surface area contributed by atoms with E-state index in [0.717, 1.165) is 37.5 Å². The van der Waals surface area contributed by atoms with E-state index in [1.54, 1.807) is 7.11 Å². The van der Waals surface area contributed by atoms with Gasteiger partial charge >= 0.3 is 0 Å². The molecule has 0 aliphatic rings. The predicted molar refractivity (Wildman–Crippen MR) is 85.8 cm³/mol. The molecule has 0 unspecified atom stereocenters. The minimum atomic E-state index is 0.722. The minimum absolute atomic E-state index is 0.722. The maximum atomic E-state index is 5.01. The van der Waals surface area contributed by atoms with Crippen molar-refractivity contribution in [3.63, 3.8) is 0 Å². The summed E-state index contributed by atoms with van der Waals surface area (Å²) >= 11 is 0. The Morgan fingerprint density at radius 1 is 1.19 bits per heavy atom. The number of nitrogens with zero attached hydrogens (tertiary/aromatic N) is 2. The van der Waals surface area contributed by atoms with Crippen molar-refractivity contribution in [2.24, 2.45) is 0 Å². The maximum Gasteiger partial charge on any atom is 0.0766 e. The van der Waals surface area contributed by atoms with Crippen LogP contribution in [0.25, 0.3) is 5.69 Å². The Morgan fingerprint density at radius 3 is 2.71 bits per heavy atom. The van der Waals surface area contributed by atoms with E-state index in [9.17, 15) is 0 Å². The fraction of sp³-hybridized carbons (Fsp3) is 0.471. The molecule has 2 rings (SSSR count). The molecule has 1 aromatic heterocycles. The van der Waals surface area contributed by atoms with Gasteiger partial charge in [-0.2, -0.15) is 5.10 Å². The first-order valence-electron chi connectivity index (χ1n) is 7.67. The van der Waals surface area contributed by atoms with Crippen LogP contribution >= 0.6 is 0 Å². The summed E-state index contributed by atoms with van der Waals surface area (Å²) in [6.07, 6.45) is 5.65. The monoisotopic (exact) mass is 287 g/mol. The molecule has 2 aromatic rings. The summed E-state index contributed by atoms with van der Waals surface area (Å²) in [5.74, 6) is 0. The van der Waals surface area contributed by atoms with Gasteiger partial charge in [0.1, 0.15) is 0 Å². The highest BCUT2D eigenvalue weighted by Crippen LogP contribution is 2.11. The third-order valence-electron chi connectivity index (χ3n) is 3.45. The van der Waals surface area contributed by atoms with Crippen LogP contribution < -0.4 is 5.32 Å². The van der Waals surface area contributed by atoms with Crippen LogP contribution in [0, 0.1) is 0 Å². The third-order valence-corrected chi connectivity index (χ3v) is 3.45. The van der Waals surface area contributed by atoms with Crippen LogP contribution in [-0.2, 0) is 17.7 Å². The van der Waals surface area contributed by atoms with E-state index in [4.69, 9.17) is 4.74 Å². The summed E-state index contributed by atoms with van der Waals surface area (Å²) in [7, 11) is 1.71. The fourth-order valence-electron chi connectivity index (χ4n) is 2.19. The molecule has 114 valence electrons. The largest absolute Gasteiger partial charge is 0.383 e. The molecule has 0 aliphatic carbocycles. The second-order valence-corrected chi connectivity index (χ2v) is 5.19. The maximum absolute atomic E-state index is 5.01. The lowest BCUT2D eigenvalue weighted by molar-refractivity contribution is 0.199. The number of benzene rings is 1. The number of nitrogens with one attached hydrogen (secondary N) is 1. The quantitative estimate of drug-likeness (QED) is 0.721. The Balaban J connectivity index is 1.91. The molecule has 0 saturated carbocycles. The molecule has 0 fully saturated rings. The SMILES string of the molecule is CCCCc1ccc(-n2ccc(CNCCOC)n2)cc1. The summed E-state index contributed by atoms with van der Waals surface area (Å²) in [5, 5.41) is 7.88. The Kier molecular flexibility index (Phi) is 6.44. The normalized spacial score (nSPS) is 11.0. The van der Waals surface area contributed by atoms with Crippen molar-refractivity contribution < 1.29 is 4.74 Å². The van der Waals surface area contributed by atoms with Gasteiger partial charge in [-0.25, -0.2) is 4.68 Å². The van der Waals surface area contributed by atoms with Gasteiger partial charge in [0.2, 0.25) is 0 Å². The molecule has 1 N–H and O–H groups in total. The van der Waals surface area contributed by atoms with E-state index in [-0.39, 0.29) is 0 Å². The van der Waals surface area contributed by atoms with Gasteiger partial charge in [0.15, 0.2) is 0 Å². The van der Waals surface area contributed by atoms with Gasteiger partial charge in [0.25, 0.3) is 0 Å². The lowest BCUT2D eigenvalue weighted by Gasteiger charge is -2.04. The summed E-state index contributed by atoms with van der Waals surface area (Å²) in [5.41, 5.74) is 3.55. The number of rotatable bonds is 9. The number of unbranched alkanes of at least 4 members (excludes halogenated alkanes) is 1. The molecule has 0 atom stereocenters. The zero-order chi connectivity index (χ0) is 14.9. The first-order chi connectivity index (χ1) is 10.3. The van der Waals surface area contributed by atoms with Crippen molar-refractivity contribution in [1.82, 2.24) is 15.1 Å². The van der Waals surface area contributed by atoms with Crippen molar-refractivity contribution in [1.29, 1.82) is 0 Å². The second-order valence-electron chi connectivity index (χ2n) is 5.19. The van der Waals surface area contributed by atoms with Crippen molar-refractivity contribution in [3.8, 4) is 5.69 Å². The summed E-state index contributed by atoms with van der Waals surface area (Å²) in [6, 6.07) is 10.7. The van der Waals surface area contributed by atoms with Gasteiger partial charge in [0.05, 0.1) is 18.0 Å². The molecular weight excluding hydrogens is 262 g/mol. The molecule has 0 amide bonds. The molecule has 4 nitrogen and oxygen atoms in total.